The molecular weight excluding hydrogens is 170 g/mol. The zero-order chi connectivity index (χ0) is 9.80. The van der Waals surface area contributed by atoms with Crippen LogP contribution >= 0.6 is 0 Å². The van der Waals surface area contributed by atoms with E-state index in [1.165, 1.54) is 17.0 Å². The Bertz CT molecular complexity index is 360. The van der Waals surface area contributed by atoms with E-state index in [2.05, 4.69) is 48.7 Å². The summed E-state index contributed by atoms with van der Waals surface area (Å²) < 4.78 is 0. The normalized spacial score (nSPS) is 15.8. The van der Waals surface area contributed by atoms with Gasteiger partial charge in [-0.25, -0.2) is 0 Å². The number of nitrogens with one attached hydrogen (secondary N) is 1. The van der Waals surface area contributed by atoms with Crippen molar-refractivity contribution in [2.24, 2.45) is 0 Å². The highest BCUT2D eigenvalue weighted by atomic mass is 14.9. The van der Waals surface area contributed by atoms with Crippen LogP contribution in [0, 0.1) is 0 Å². The van der Waals surface area contributed by atoms with Crippen LogP contribution in [0.3, 0.4) is 0 Å². The van der Waals surface area contributed by atoms with Gasteiger partial charge in [0.15, 0.2) is 0 Å². The summed E-state index contributed by atoms with van der Waals surface area (Å²) in [5, 5.41) is 3.43. The van der Waals surface area contributed by atoms with Crippen LogP contribution < -0.4 is 5.32 Å². The van der Waals surface area contributed by atoms with Crippen LogP contribution in [-0.2, 0) is 0 Å². The zero-order valence-corrected chi connectivity index (χ0v) is 8.46. The van der Waals surface area contributed by atoms with Gasteiger partial charge in [0, 0.05) is 11.4 Å². The molecule has 1 aliphatic carbocycles. The smallest absolute Gasteiger partial charge is 0.0381 e. The largest absolute Gasteiger partial charge is 0.359 e. The van der Waals surface area contributed by atoms with Crippen molar-refractivity contribution in [3.8, 4) is 0 Å². The summed E-state index contributed by atoms with van der Waals surface area (Å²) in [6, 6.07) is 10.3. The molecule has 0 fully saturated rings. The summed E-state index contributed by atoms with van der Waals surface area (Å²) in [5.41, 5.74) is 3.85. The summed E-state index contributed by atoms with van der Waals surface area (Å²) >= 11 is 0. The number of hydrogen-bond donors (Lipinski definition) is 1. The van der Waals surface area contributed by atoms with Crippen LogP contribution in [0.4, 0.5) is 5.69 Å². The van der Waals surface area contributed by atoms with Gasteiger partial charge in [-0.3, -0.25) is 0 Å². The fourth-order valence-corrected chi connectivity index (χ4v) is 1.67. The summed E-state index contributed by atoms with van der Waals surface area (Å²) in [6.45, 7) is 2.14. The van der Waals surface area contributed by atoms with Gasteiger partial charge >= 0.3 is 0 Å². The van der Waals surface area contributed by atoms with Gasteiger partial charge < -0.3 is 5.32 Å². The van der Waals surface area contributed by atoms with Crippen molar-refractivity contribution in [1.82, 2.24) is 0 Å². The Morgan fingerprint density at radius 3 is 2.64 bits per heavy atom. The lowest BCUT2D eigenvalue weighted by Gasteiger charge is -2.14. The summed E-state index contributed by atoms with van der Waals surface area (Å²) in [5.74, 6) is 0. The van der Waals surface area contributed by atoms with E-state index in [0.29, 0.717) is 0 Å². The highest BCUT2D eigenvalue weighted by Crippen LogP contribution is 2.19. The Labute approximate surface area is 85.2 Å². The molecule has 1 aromatic rings. The maximum Gasteiger partial charge on any atom is 0.0381 e. The third-order valence-corrected chi connectivity index (χ3v) is 2.36. The summed E-state index contributed by atoms with van der Waals surface area (Å²) in [6.07, 6.45) is 6.76. The first-order valence-electron chi connectivity index (χ1n) is 5.04. The molecule has 1 nitrogen and oxygen atoms in total. The maximum atomic E-state index is 3.43. The molecule has 0 atom stereocenters. The molecule has 1 aromatic carbocycles. The second-order valence-electron chi connectivity index (χ2n) is 3.65. The topological polar surface area (TPSA) is 12.0 Å². The summed E-state index contributed by atoms with van der Waals surface area (Å²) in [4.78, 5) is 0. The van der Waals surface area contributed by atoms with Gasteiger partial charge in [0.25, 0.3) is 0 Å². The molecule has 1 N–H and O–H groups in total. The van der Waals surface area contributed by atoms with Crippen molar-refractivity contribution in [3.63, 3.8) is 0 Å². The van der Waals surface area contributed by atoms with Crippen molar-refractivity contribution in [2.75, 3.05) is 5.32 Å². The molecule has 0 unspecified atom stereocenters. The third kappa shape index (κ3) is 2.25. The minimum Gasteiger partial charge on any atom is -0.359 e. The molecule has 1 aliphatic rings. The Hall–Kier alpha value is -1.50. The molecule has 0 radical (unpaired) electrons. The number of anilines is 1. The van der Waals surface area contributed by atoms with Gasteiger partial charge in [0.2, 0.25) is 0 Å². The van der Waals surface area contributed by atoms with Crippen LogP contribution in [-0.4, -0.2) is 0 Å². The molecule has 0 aromatic heterocycles. The standard InChI is InChI=1S/C13H15N/c1-11-6-5-9-13(10-11)14-12-7-3-2-4-8-12/h2-4,6-8,10,14H,5,9H2,1H3. The number of rotatable bonds is 2. The molecule has 0 saturated heterocycles. The second kappa shape index (κ2) is 4.14. The Morgan fingerprint density at radius 1 is 1.14 bits per heavy atom. The van der Waals surface area contributed by atoms with E-state index in [1.807, 2.05) is 6.07 Å². The van der Waals surface area contributed by atoms with E-state index in [4.69, 9.17) is 0 Å². The van der Waals surface area contributed by atoms with Crippen molar-refractivity contribution in [2.45, 2.75) is 19.8 Å². The highest BCUT2D eigenvalue weighted by Gasteiger charge is 2.02. The average Bonchev–Trinajstić information content (AvgIpc) is 2.19. The van der Waals surface area contributed by atoms with Crippen LogP contribution in [0.15, 0.2) is 53.8 Å². The molecule has 2 rings (SSSR count). The lowest BCUT2D eigenvalue weighted by Crippen LogP contribution is -2.02. The number of para-hydroxylation sites is 1. The minimum absolute atomic E-state index is 1.12. The fraction of sp³-hybridized carbons (Fsp3) is 0.231. The van der Waals surface area contributed by atoms with Crippen LogP contribution in [0.25, 0.3) is 0 Å². The Morgan fingerprint density at radius 2 is 1.93 bits per heavy atom. The molecule has 0 heterocycles. The van der Waals surface area contributed by atoms with Gasteiger partial charge in [-0.15, -0.1) is 0 Å². The first-order valence-corrected chi connectivity index (χ1v) is 5.04. The molecule has 72 valence electrons. The molecule has 0 saturated carbocycles. The van der Waals surface area contributed by atoms with Gasteiger partial charge in [0.05, 0.1) is 0 Å². The predicted molar refractivity (Wildman–Crippen MR) is 61.1 cm³/mol. The molecule has 0 aliphatic heterocycles. The first-order chi connectivity index (χ1) is 6.84. The molecular formula is C13H15N. The average molecular weight is 185 g/mol. The van der Waals surface area contributed by atoms with Gasteiger partial charge in [-0.05, 0) is 38.0 Å². The van der Waals surface area contributed by atoms with Crippen LogP contribution in [0.5, 0.6) is 0 Å². The zero-order valence-electron chi connectivity index (χ0n) is 8.46. The van der Waals surface area contributed by atoms with E-state index in [-0.39, 0.29) is 0 Å². The van der Waals surface area contributed by atoms with E-state index >= 15 is 0 Å². The van der Waals surface area contributed by atoms with E-state index in [0.717, 1.165) is 12.8 Å². The monoisotopic (exact) mass is 185 g/mol. The van der Waals surface area contributed by atoms with Crippen molar-refractivity contribution < 1.29 is 0 Å². The van der Waals surface area contributed by atoms with Gasteiger partial charge in [0.1, 0.15) is 0 Å². The Kier molecular flexibility index (Phi) is 2.68. The lowest BCUT2D eigenvalue weighted by atomic mass is 10.1. The molecule has 0 spiro atoms. The maximum absolute atomic E-state index is 3.43. The quantitative estimate of drug-likeness (QED) is 0.740. The number of allylic oxidation sites excluding steroid dienone is 4. The molecule has 0 amide bonds. The molecule has 14 heavy (non-hydrogen) atoms. The minimum atomic E-state index is 1.12. The van der Waals surface area contributed by atoms with Crippen LogP contribution in [0.2, 0.25) is 0 Å². The van der Waals surface area contributed by atoms with Crippen LogP contribution in [0.1, 0.15) is 19.8 Å². The third-order valence-electron chi connectivity index (χ3n) is 2.36. The van der Waals surface area contributed by atoms with Crippen molar-refractivity contribution >= 4 is 5.69 Å². The Balaban J connectivity index is 2.09. The summed E-state index contributed by atoms with van der Waals surface area (Å²) in [7, 11) is 0. The van der Waals surface area contributed by atoms with Gasteiger partial charge in [-0.1, -0.05) is 29.8 Å². The van der Waals surface area contributed by atoms with E-state index < -0.39 is 0 Å². The first kappa shape index (κ1) is 9.07. The molecule has 0 bridgehead atoms. The predicted octanol–water partition coefficient (Wildman–Crippen LogP) is 3.72. The SMILES string of the molecule is CC1=CCCC(Nc2ccccc2)=C1. The fourth-order valence-electron chi connectivity index (χ4n) is 1.67. The lowest BCUT2D eigenvalue weighted by molar-refractivity contribution is 0.950. The number of benzene rings is 1. The highest BCUT2D eigenvalue weighted by molar-refractivity contribution is 5.49. The van der Waals surface area contributed by atoms with E-state index in [1.54, 1.807) is 0 Å². The van der Waals surface area contributed by atoms with Crippen molar-refractivity contribution in [1.29, 1.82) is 0 Å². The second-order valence-corrected chi connectivity index (χ2v) is 3.65. The van der Waals surface area contributed by atoms with Crippen molar-refractivity contribution in [3.05, 3.63) is 53.8 Å². The number of hydrogen-bond acceptors (Lipinski definition) is 1. The van der Waals surface area contributed by atoms with Gasteiger partial charge in [-0.2, -0.15) is 0 Å². The molecule has 1 heteroatoms. The van der Waals surface area contributed by atoms with E-state index in [9.17, 15) is 0 Å².